The number of nitrogens with zero attached hydrogens (tertiary/aromatic N) is 1. The van der Waals surface area contributed by atoms with E-state index in [1.807, 2.05) is 38.1 Å². The first kappa shape index (κ1) is 25.7. The maximum atomic E-state index is 13.5. The zero-order valence-electron chi connectivity index (χ0n) is 20.4. The zero-order chi connectivity index (χ0) is 23.9. The average molecular weight is 446 g/mol. The van der Waals surface area contributed by atoms with Crippen LogP contribution in [-0.4, -0.2) is 47.0 Å². The van der Waals surface area contributed by atoms with Gasteiger partial charge in [0.2, 0.25) is 11.8 Å². The van der Waals surface area contributed by atoms with Gasteiger partial charge >= 0.3 is 6.09 Å². The highest BCUT2D eigenvalue weighted by Crippen LogP contribution is 2.34. The van der Waals surface area contributed by atoms with E-state index in [9.17, 15) is 14.4 Å². The van der Waals surface area contributed by atoms with Crippen LogP contribution in [0.5, 0.6) is 0 Å². The molecule has 1 aromatic carbocycles. The number of hydrogen-bond donors (Lipinski definition) is 2. The minimum Gasteiger partial charge on any atom is -0.444 e. The maximum Gasteiger partial charge on any atom is 0.408 e. The van der Waals surface area contributed by atoms with Gasteiger partial charge in [0.25, 0.3) is 0 Å². The molecule has 0 saturated heterocycles. The molecule has 1 fully saturated rings. The Labute approximate surface area is 192 Å². The Morgan fingerprint density at radius 1 is 1.19 bits per heavy atom. The minimum absolute atomic E-state index is 0.0113. The summed E-state index contributed by atoms with van der Waals surface area (Å²) in [6.07, 6.45) is 3.89. The third-order valence-electron chi connectivity index (χ3n) is 5.66. The van der Waals surface area contributed by atoms with E-state index in [0.29, 0.717) is 0 Å². The highest BCUT2D eigenvalue weighted by atomic mass is 16.6. The Hall–Kier alpha value is -2.57. The molecule has 7 nitrogen and oxygen atoms in total. The normalized spacial score (nSPS) is 15.8. The molecule has 0 bridgehead atoms. The summed E-state index contributed by atoms with van der Waals surface area (Å²) in [7, 11) is 0. The van der Waals surface area contributed by atoms with E-state index >= 15 is 0 Å². The van der Waals surface area contributed by atoms with Crippen molar-refractivity contribution in [2.75, 3.05) is 6.54 Å². The summed E-state index contributed by atoms with van der Waals surface area (Å²) in [5.41, 5.74) is 1.11. The molecule has 2 N–H and O–H groups in total. The van der Waals surface area contributed by atoms with Crippen LogP contribution >= 0.6 is 0 Å². The second-order valence-corrected chi connectivity index (χ2v) is 9.70. The molecule has 3 amide bonds. The number of rotatable bonds is 9. The van der Waals surface area contributed by atoms with Crippen molar-refractivity contribution in [2.24, 2.45) is 0 Å². The Bertz CT molecular complexity index is 799. The highest BCUT2D eigenvalue weighted by molar-refractivity contribution is 5.91. The van der Waals surface area contributed by atoms with Crippen molar-refractivity contribution in [3.05, 3.63) is 35.4 Å². The lowest BCUT2D eigenvalue weighted by Crippen LogP contribution is -2.54. The lowest BCUT2D eigenvalue weighted by Gasteiger charge is -2.42. The quantitative estimate of drug-likeness (QED) is 0.595. The van der Waals surface area contributed by atoms with Crippen molar-refractivity contribution in [3.63, 3.8) is 0 Å². The van der Waals surface area contributed by atoms with Gasteiger partial charge in [-0.2, -0.15) is 0 Å². The van der Waals surface area contributed by atoms with Crippen LogP contribution in [0.2, 0.25) is 0 Å². The van der Waals surface area contributed by atoms with E-state index in [1.54, 1.807) is 25.7 Å². The molecular formula is C25H39N3O4. The highest BCUT2D eigenvalue weighted by Gasteiger charge is 2.39. The fourth-order valence-corrected chi connectivity index (χ4v) is 3.91. The van der Waals surface area contributed by atoms with Crippen molar-refractivity contribution >= 4 is 17.9 Å². The topological polar surface area (TPSA) is 87.7 Å². The molecule has 1 aromatic rings. The molecule has 2 unspecified atom stereocenters. The lowest BCUT2D eigenvalue weighted by molar-refractivity contribution is -0.145. The van der Waals surface area contributed by atoms with Crippen molar-refractivity contribution in [1.29, 1.82) is 0 Å². The number of amides is 3. The lowest BCUT2D eigenvalue weighted by atomic mass is 9.87. The molecule has 0 heterocycles. The largest absolute Gasteiger partial charge is 0.444 e. The van der Waals surface area contributed by atoms with Crippen LogP contribution in [0, 0.1) is 6.92 Å². The van der Waals surface area contributed by atoms with Gasteiger partial charge in [-0.15, -0.1) is 0 Å². The van der Waals surface area contributed by atoms with E-state index in [-0.39, 0.29) is 30.4 Å². The summed E-state index contributed by atoms with van der Waals surface area (Å²) >= 11 is 0. The van der Waals surface area contributed by atoms with Crippen molar-refractivity contribution in [1.82, 2.24) is 15.5 Å². The molecule has 1 aliphatic carbocycles. The van der Waals surface area contributed by atoms with Crippen LogP contribution in [0.25, 0.3) is 0 Å². The van der Waals surface area contributed by atoms with Gasteiger partial charge in [0, 0.05) is 12.1 Å². The van der Waals surface area contributed by atoms with Crippen LogP contribution in [0.3, 0.4) is 0 Å². The predicted molar refractivity (Wildman–Crippen MR) is 125 cm³/mol. The molecule has 32 heavy (non-hydrogen) atoms. The van der Waals surface area contributed by atoms with Gasteiger partial charge in [-0.3, -0.25) is 9.59 Å². The standard InChI is InChI=1S/C25H39N3O4/c1-7-11-18(3)27-23(30)22(20-15-9-8-12-17(20)2)28(19-13-10-14-19)21(29)16-26-24(31)32-25(4,5)6/h8-9,12,15,18-19,22H,7,10-11,13-14,16H2,1-6H3,(H,26,31)(H,27,30). The van der Waals surface area contributed by atoms with Crippen LogP contribution in [0.4, 0.5) is 4.79 Å². The Kier molecular flexibility index (Phi) is 9.10. The number of ether oxygens (including phenoxy) is 1. The van der Waals surface area contributed by atoms with Crippen LogP contribution in [0.15, 0.2) is 24.3 Å². The molecule has 0 radical (unpaired) electrons. The van der Waals surface area contributed by atoms with Crippen LogP contribution < -0.4 is 10.6 Å². The molecule has 1 saturated carbocycles. The molecule has 7 heteroatoms. The van der Waals surface area contributed by atoms with Gasteiger partial charge in [-0.1, -0.05) is 37.6 Å². The first-order valence-electron chi connectivity index (χ1n) is 11.7. The Morgan fingerprint density at radius 3 is 2.38 bits per heavy atom. The van der Waals surface area contributed by atoms with E-state index < -0.39 is 17.7 Å². The Balaban J connectivity index is 2.30. The van der Waals surface area contributed by atoms with E-state index in [2.05, 4.69) is 17.6 Å². The first-order chi connectivity index (χ1) is 15.0. The van der Waals surface area contributed by atoms with E-state index in [0.717, 1.165) is 43.2 Å². The van der Waals surface area contributed by atoms with Gasteiger partial charge in [-0.25, -0.2) is 4.79 Å². The summed E-state index contributed by atoms with van der Waals surface area (Å²) in [5.74, 6) is -0.468. The number of alkyl carbamates (subject to hydrolysis) is 1. The maximum absolute atomic E-state index is 13.5. The third-order valence-corrected chi connectivity index (χ3v) is 5.66. The minimum atomic E-state index is -0.742. The zero-order valence-corrected chi connectivity index (χ0v) is 20.4. The van der Waals surface area contributed by atoms with Crippen molar-refractivity contribution in [2.45, 2.75) is 97.4 Å². The number of benzene rings is 1. The molecule has 2 rings (SSSR count). The number of hydrogen-bond acceptors (Lipinski definition) is 4. The van der Waals surface area contributed by atoms with Gasteiger partial charge in [0.1, 0.15) is 18.2 Å². The third kappa shape index (κ3) is 7.24. The summed E-state index contributed by atoms with van der Waals surface area (Å²) in [6, 6.07) is 6.91. The molecule has 0 aliphatic heterocycles. The van der Waals surface area contributed by atoms with Crippen molar-refractivity contribution in [3.8, 4) is 0 Å². The molecular weight excluding hydrogens is 406 g/mol. The summed E-state index contributed by atoms with van der Waals surface area (Å²) in [5, 5.41) is 5.66. The predicted octanol–water partition coefficient (Wildman–Crippen LogP) is 4.25. The molecule has 1 aliphatic rings. The van der Waals surface area contributed by atoms with Gasteiger partial charge in [0.05, 0.1) is 0 Å². The smallest absolute Gasteiger partial charge is 0.408 e. The van der Waals surface area contributed by atoms with E-state index in [1.165, 1.54) is 0 Å². The summed E-state index contributed by atoms with van der Waals surface area (Å²) in [6.45, 7) is 11.1. The summed E-state index contributed by atoms with van der Waals surface area (Å²) in [4.78, 5) is 40.6. The number of nitrogens with one attached hydrogen (secondary N) is 2. The van der Waals surface area contributed by atoms with Gasteiger partial charge in [0.15, 0.2) is 0 Å². The second kappa shape index (κ2) is 11.3. The number of carbonyl (C=O) groups is 3. The first-order valence-corrected chi connectivity index (χ1v) is 11.7. The van der Waals surface area contributed by atoms with Crippen LogP contribution in [0.1, 0.15) is 83.9 Å². The second-order valence-electron chi connectivity index (χ2n) is 9.70. The van der Waals surface area contributed by atoms with Crippen molar-refractivity contribution < 1.29 is 19.1 Å². The number of aryl methyl sites for hydroxylation is 1. The van der Waals surface area contributed by atoms with Crippen LogP contribution in [-0.2, 0) is 14.3 Å². The SMILES string of the molecule is CCCC(C)NC(=O)C(c1ccccc1C)N(C(=O)CNC(=O)OC(C)(C)C)C1CCC1. The van der Waals surface area contributed by atoms with E-state index in [4.69, 9.17) is 4.74 Å². The molecule has 0 aromatic heterocycles. The number of carbonyl (C=O) groups excluding carboxylic acids is 3. The fraction of sp³-hybridized carbons (Fsp3) is 0.640. The monoisotopic (exact) mass is 445 g/mol. The van der Waals surface area contributed by atoms with Gasteiger partial charge < -0.3 is 20.3 Å². The summed E-state index contributed by atoms with van der Waals surface area (Å²) < 4.78 is 5.26. The molecule has 0 spiro atoms. The average Bonchev–Trinajstić information content (AvgIpc) is 2.64. The van der Waals surface area contributed by atoms with Gasteiger partial charge in [-0.05, 0) is 71.4 Å². The molecule has 2 atom stereocenters. The Morgan fingerprint density at radius 2 is 1.84 bits per heavy atom. The fourth-order valence-electron chi connectivity index (χ4n) is 3.91. The molecule has 178 valence electrons.